The summed E-state index contributed by atoms with van der Waals surface area (Å²) in [7, 11) is 0. The van der Waals surface area contributed by atoms with Gasteiger partial charge in [0.15, 0.2) is 0 Å². The Morgan fingerprint density at radius 1 is 1.67 bits per heavy atom. The van der Waals surface area contributed by atoms with Crippen molar-refractivity contribution < 1.29 is 20.4 Å². The Bertz CT molecular complexity index is 230. The second-order valence-corrected chi connectivity index (χ2v) is 2.54. The molecule has 0 saturated heterocycles. The Labute approximate surface area is 87.3 Å². The molecule has 0 unspecified atom stereocenters. The molecule has 0 aliphatic carbocycles. The minimum absolute atomic E-state index is 0. The van der Waals surface area contributed by atoms with E-state index in [2.05, 4.69) is 23.1 Å². The summed E-state index contributed by atoms with van der Waals surface area (Å²) in [6.45, 7) is 6.93. The molecule has 0 spiro atoms. The summed E-state index contributed by atoms with van der Waals surface area (Å²) in [6, 6.07) is 0. The SMILES string of the molecule is C=Cc1nccn1CCCC.[Re]. The Hall–Kier alpha value is -0.388. The summed E-state index contributed by atoms with van der Waals surface area (Å²) >= 11 is 0. The first-order valence-electron chi connectivity index (χ1n) is 4.02. The van der Waals surface area contributed by atoms with Gasteiger partial charge in [0, 0.05) is 39.4 Å². The van der Waals surface area contributed by atoms with Gasteiger partial charge in [0.05, 0.1) is 0 Å². The zero-order valence-electron chi connectivity index (χ0n) is 7.33. The number of unbranched alkanes of at least 4 members (excludes halogenated alkanes) is 1. The minimum atomic E-state index is 0. The van der Waals surface area contributed by atoms with Crippen molar-refractivity contribution in [1.82, 2.24) is 9.55 Å². The van der Waals surface area contributed by atoms with Crippen molar-refractivity contribution in [3.63, 3.8) is 0 Å². The molecular formula is C9H14N2Re. The van der Waals surface area contributed by atoms with Gasteiger partial charge in [0.25, 0.3) is 0 Å². The van der Waals surface area contributed by atoms with Crippen LogP contribution >= 0.6 is 0 Å². The van der Waals surface area contributed by atoms with Crippen molar-refractivity contribution in [3.8, 4) is 0 Å². The smallest absolute Gasteiger partial charge is 0.131 e. The number of hydrogen-bond acceptors (Lipinski definition) is 1. The van der Waals surface area contributed by atoms with E-state index in [0.717, 1.165) is 12.4 Å². The van der Waals surface area contributed by atoms with E-state index in [1.54, 1.807) is 6.08 Å². The van der Waals surface area contributed by atoms with Gasteiger partial charge < -0.3 is 4.57 Å². The van der Waals surface area contributed by atoms with Crippen LogP contribution in [0.1, 0.15) is 25.6 Å². The molecule has 0 bridgehead atoms. The number of aryl methyl sites for hydroxylation is 1. The third kappa shape index (κ3) is 2.93. The summed E-state index contributed by atoms with van der Waals surface area (Å²) in [5.74, 6) is 0.971. The van der Waals surface area contributed by atoms with Gasteiger partial charge in [0.2, 0.25) is 0 Å². The van der Waals surface area contributed by atoms with Crippen molar-refractivity contribution in [2.24, 2.45) is 0 Å². The van der Waals surface area contributed by atoms with Gasteiger partial charge >= 0.3 is 0 Å². The van der Waals surface area contributed by atoms with Gasteiger partial charge in [0.1, 0.15) is 5.82 Å². The van der Waals surface area contributed by atoms with E-state index in [9.17, 15) is 0 Å². The van der Waals surface area contributed by atoms with E-state index in [1.165, 1.54) is 12.8 Å². The van der Waals surface area contributed by atoms with Crippen molar-refractivity contribution in [2.75, 3.05) is 0 Å². The molecule has 3 heteroatoms. The summed E-state index contributed by atoms with van der Waals surface area (Å²) < 4.78 is 2.12. The Morgan fingerprint density at radius 2 is 2.42 bits per heavy atom. The topological polar surface area (TPSA) is 17.8 Å². The Balaban J connectivity index is 0.00000121. The standard InChI is InChI=1S/C9H14N2.Re/c1-3-5-7-11-8-6-10-9(11)4-2;/h4,6,8H,2-3,5,7H2,1H3;. The molecule has 12 heavy (non-hydrogen) atoms. The van der Waals surface area contributed by atoms with Gasteiger partial charge in [-0.05, 0) is 12.5 Å². The average molecular weight is 336 g/mol. The molecule has 1 rings (SSSR count). The molecule has 0 amide bonds. The Kier molecular flexibility index (Phi) is 5.97. The van der Waals surface area contributed by atoms with Crippen LogP contribution in [-0.2, 0) is 27.0 Å². The molecule has 0 saturated carbocycles. The number of rotatable bonds is 4. The molecule has 0 aliphatic heterocycles. The maximum absolute atomic E-state index is 4.13. The van der Waals surface area contributed by atoms with E-state index in [4.69, 9.17) is 0 Å². The maximum Gasteiger partial charge on any atom is 0.131 e. The van der Waals surface area contributed by atoms with Gasteiger partial charge in [-0.25, -0.2) is 4.98 Å². The number of hydrogen-bond donors (Lipinski definition) is 0. The van der Waals surface area contributed by atoms with Crippen molar-refractivity contribution in [1.29, 1.82) is 0 Å². The van der Waals surface area contributed by atoms with Gasteiger partial charge in [-0.1, -0.05) is 19.9 Å². The first-order valence-corrected chi connectivity index (χ1v) is 4.02. The zero-order valence-corrected chi connectivity index (χ0v) is 10.0. The summed E-state index contributed by atoms with van der Waals surface area (Å²) in [4.78, 5) is 4.13. The molecule has 0 atom stereocenters. The molecule has 1 aromatic rings. The number of nitrogens with zero attached hydrogens (tertiary/aromatic N) is 2. The first-order chi connectivity index (χ1) is 5.38. The predicted molar refractivity (Wildman–Crippen MR) is 47.2 cm³/mol. The van der Waals surface area contributed by atoms with E-state index < -0.39 is 0 Å². The van der Waals surface area contributed by atoms with E-state index in [1.807, 2.05) is 12.4 Å². The zero-order chi connectivity index (χ0) is 8.10. The van der Waals surface area contributed by atoms with E-state index in [0.29, 0.717) is 0 Å². The fourth-order valence-electron chi connectivity index (χ4n) is 1.03. The second-order valence-electron chi connectivity index (χ2n) is 2.54. The van der Waals surface area contributed by atoms with Gasteiger partial charge in [-0.3, -0.25) is 0 Å². The van der Waals surface area contributed by atoms with Crippen LogP contribution in [0.25, 0.3) is 6.08 Å². The van der Waals surface area contributed by atoms with Crippen molar-refractivity contribution in [2.45, 2.75) is 26.3 Å². The first kappa shape index (κ1) is 11.6. The van der Waals surface area contributed by atoms with Crippen molar-refractivity contribution in [3.05, 3.63) is 24.8 Å². The van der Waals surface area contributed by atoms with Crippen LogP contribution in [0.15, 0.2) is 19.0 Å². The van der Waals surface area contributed by atoms with E-state index in [-0.39, 0.29) is 20.4 Å². The van der Waals surface area contributed by atoms with Crippen molar-refractivity contribution >= 4 is 6.08 Å². The summed E-state index contributed by atoms with van der Waals surface area (Å²) in [6.07, 6.45) is 8.01. The third-order valence-electron chi connectivity index (χ3n) is 1.68. The van der Waals surface area contributed by atoms with Gasteiger partial charge in [-0.15, -0.1) is 0 Å². The normalized spacial score (nSPS) is 9.08. The molecule has 0 N–H and O–H groups in total. The molecule has 67 valence electrons. The molecule has 0 aliphatic rings. The number of aromatic nitrogens is 2. The quantitative estimate of drug-likeness (QED) is 0.825. The molecule has 0 fully saturated rings. The van der Waals surface area contributed by atoms with Crippen LogP contribution in [0.2, 0.25) is 0 Å². The predicted octanol–water partition coefficient (Wildman–Crippen LogP) is 2.32. The fraction of sp³-hybridized carbons (Fsp3) is 0.444. The molecular weight excluding hydrogens is 322 g/mol. The van der Waals surface area contributed by atoms with Crippen LogP contribution in [0.5, 0.6) is 0 Å². The van der Waals surface area contributed by atoms with Crippen LogP contribution in [0, 0.1) is 0 Å². The molecule has 1 radical (unpaired) electrons. The van der Waals surface area contributed by atoms with Crippen LogP contribution in [-0.4, -0.2) is 9.55 Å². The summed E-state index contributed by atoms with van der Waals surface area (Å²) in [5, 5.41) is 0. The number of imidazole rings is 1. The third-order valence-corrected chi connectivity index (χ3v) is 1.68. The maximum atomic E-state index is 4.13. The molecule has 1 heterocycles. The molecule has 0 aromatic carbocycles. The van der Waals surface area contributed by atoms with Crippen LogP contribution < -0.4 is 0 Å². The second kappa shape index (κ2) is 6.16. The van der Waals surface area contributed by atoms with E-state index >= 15 is 0 Å². The monoisotopic (exact) mass is 337 g/mol. The minimum Gasteiger partial charge on any atom is -0.332 e. The van der Waals surface area contributed by atoms with Gasteiger partial charge in [-0.2, -0.15) is 0 Å². The molecule has 2 nitrogen and oxygen atoms in total. The Morgan fingerprint density at radius 3 is 3.00 bits per heavy atom. The molecule has 1 aromatic heterocycles. The van der Waals surface area contributed by atoms with Crippen LogP contribution in [0.3, 0.4) is 0 Å². The fourth-order valence-corrected chi connectivity index (χ4v) is 1.03. The largest absolute Gasteiger partial charge is 0.332 e. The van der Waals surface area contributed by atoms with Crippen LogP contribution in [0.4, 0.5) is 0 Å². The average Bonchev–Trinajstić information content (AvgIpc) is 2.47. The summed E-state index contributed by atoms with van der Waals surface area (Å²) in [5.41, 5.74) is 0.